The molecule has 7 nitrogen and oxygen atoms in total. The van der Waals surface area contributed by atoms with Crippen molar-refractivity contribution >= 4 is 12.0 Å². The van der Waals surface area contributed by atoms with Gasteiger partial charge >= 0.3 is 6.09 Å². The molecule has 8 heteroatoms. The second-order valence-electron chi connectivity index (χ2n) is 10.9. The van der Waals surface area contributed by atoms with Crippen LogP contribution in [0.5, 0.6) is 5.75 Å². The first-order chi connectivity index (χ1) is 16.9. The topological polar surface area (TPSA) is 68.3 Å². The number of ether oxygens (including phenoxy) is 3. The Balaban J connectivity index is 0.998. The summed E-state index contributed by atoms with van der Waals surface area (Å²) in [5.74, 6) is 2.08. The number of benzene rings is 1. The minimum absolute atomic E-state index is 0.0612. The summed E-state index contributed by atoms with van der Waals surface area (Å²) < 4.78 is 31.2. The third-order valence-electron chi connectivity index (χ3n) is 8.16. The Labute approximate surface area is 206 Å². The number of likely N-dealkylation sites (tertiary alicyclic amines) is 1. The minimum Gasteiger partial charge on any atom is -0.493 e. The van der Waals surface area contributed by atoms with Crippen molar-refractivity contribution in [1.82, 2.24) is 9.80 Å². The lowest BCUT2D eigenvalue weighted by atomic mass is 9.91. The van der Waals surface area contributed by atoms with Gasteiger partial charge in [0.05, 0.1) is 26.2 Å². The zero-order valence-electron chi connectivity index (χ0n) is 20.7. The maximum Gasteiger partial charge on any atom is 0.410 e. The van der Waals surface area contributed by atoms with E-state index in [-0.39, 0.29) is 24.0 Å². The SMILES string of the molecule is CC1(OC(=O)N2CCC([C@H]3C[C@H]3CCOc3ccc(CC(=O)N4CCOCC4)c(F)c3)CC2)CC1. The third-order valence-corrected chi connectivity index (χ3v) is 8.16. The van der Waals surface area contributed by atoms with Crippen LogP contribution in [-0.4, -0.2) is 73.4 Å². The Hall–Kier alpha value is -2.35. The molecule has 0 spiro atoms. The van der Waals surface area contributed by atoms with Crippen molar-refractivity contribution in [2.45, 2.75) is 57.5 Å². The summed E-state index contributed by atoms with van der Waals surface area (Å²) in [5, 5.41) is 0. The van der Waals surface area contributed by atoms with Crippen LogP contribution in [0.4, 0.5) is 9.18 Å². The first-order valence-corrected chi connectivity index (χ1v) is 13.1. The van der Waals surface area contributed by atoms with Crippen LogP contribution >= 0.6 is 0 Å². The highest BCUT2D eigenvalue weighted by Gasteiger charge is 2.45. The standard InChI is InChI=1S/C27H37FN2O5/c1-27(7-8-27)35-26(32)30-9-4-19(5-10-30)23-16-20(23)6-13-34-22-3-2-21(24(28)18-22)17-25(31)29-11-14-33-15-12-29/h2-3,18-20,23H,4-17H2,1H3/t20-,23-/m1/s1. The number of carbonyl (C=O) groups is 2. The zero-order valence-corrected chi connectivity index (χ0v) is 20.7. The molecule has 2 saturated heterocycles. The van der Waals surface area contributed by atoms with E-state index in [1.807, 2.05) is 11.8 Å². The molecule has 192 valence electrons. The molecule has 0 radical (unpaired) electrons. The quantitative estimate of drug-likeness (QED) is 0.553. The molecule has 0 unspecified atom stereocenters. The van der Waals surface area contributed by atoms with E-state index in [0.29, 0.717) is 62.0 Å². The molecule has 2 amide bonds. The van der Waals surface area contributed by atoms with E-state index >= 15 is 0 Å². The van der Waals surface area contributed by atoms with Crippen molar-refractivity contribution < 1.29 is 28.2 Å². The lowest BCUT2D eigenvalue weighted by Crippen LogP contribution is -2.41. The molecule has 1 aromatic carbocycles. The molecular weight excluding hydrogens is 451 g/mol. The molecule has 2 heterocycles. The molecule has 1 aromatic rings. The summed E-state index contributed by atoms with van der Waals surface area (Å²) >= 11 is 0. The van der Waals surface area contributed by atoms with Gasteiger partial charge in [-0.2, -0.15) is 0 Å². The number of carbonyl (C=O) groups excluding carboxylic acids is 2. The Kier molecular flexibility index (Phi) is 7.19. The van der Waals surface area contributed by atoms with E-state index in [1.165, 1.54) is 12.5 Å². The van der Waals surface area contributed by atoms with E-state index in [0.717, 1.165) is 45.2 Å². The van der Waals surface area contributed by atoms with Crippen LogP contribution in [0.1, 0.15) is 51.0 Å². The van der Waals surface area contributed by atoms with E-state index < -0.39 is 5.82 Å². The van der Waals surface area contributed by atoms with E-state index in [2.05, 4.69) is 0 Å². The summed E-state index contributed by atoms with van der Waals surface area (Å²) in [6.45, 7) is 6.36. The summed E-state index contributed by atoms with van der Waals surface area (Å²) in [5.41, 5.74) is 0.191. The molecule has 2 saturated carbocycles. The Morgan fingerprint density at radius 3 is 2.54 bits per heavy atom. The normalized spacial score (nSPS) is 25.8. The average Bonchev–Trinajstić information content (AvgIpc) is 3.79. The third kappa shape index (κ3) is 6.26. The van der Waals surface area contributed by atoms with Gasteiger partial charge in [-0.05, 0) is 74.8 Å². The maximum atomic E-state index is 14.6. The number of piperidine rings is 1. The number of rotatable bonds is 8. The number of morpholine rings is 1. The summed E-state index contributed by atoms with van der Waals surface area (Å²) in [4.78, 5) is 28.3. The van der Waals surface area contributed by atoms with Crippen molar-refractivity contribution in [3.05, 3.63) is 29.6 Å². The number of nitrogens with zero attached hydrogens (tertiary/aromatic N) is 2. The van der Waals surface area contributed by atoms with Gasteiger partial charge in [0, 0.05) is 32.2 Å². The molecule has 4 aliphatic rings. The van der Waals surface area contributed by atoms with Crippen molar-refractivity contribution in [1.29, 1.82) is 0 Å². The lowest BCUT2D eigenvalue weighted by Gasteiger charge is -2.32. The van der Waals surface area contributed by atoms with E-state index in [4.69, 9.17) is 14.2 Å². The molecule has 2 aliphatic carbocycles. The summed E-state index contributed by atoms with van der Waals surface area (Å²) in [6.07, 6.45) is 6.14. The summed E-state index contributed by atoms with van der Waals surface area (Å²) in [6, 6.07) is 4.81. The van der Waals surface area contributed by atoms with Gasteiger partial charge in [0.1, 0.15) is 17.2 Å². The zero-order chi connectivity index (χ0) is 24.4. The van der Waals surface area contributed by atoms with Crippen molar-refractivity contribution in [3.63, 3.8) is 0 Å². The molecule has 0 aromatic heterocycles. The largest absolute Gasteiger partial charge is 0.493 e. The van der Waals surface area contributed by atoms with Crippen molar-refractivity contribution in [3.8, 4) is 5.75 Å². The smallest absolute Gasteiger partial charge is 0.410 e. The van der Waals surface area contributed by atoms with Crippen LogP contribution in [-0.2, 0) is 20.7 Å². The molecule has 5 rings (SSSR count). The number of halogens is 1. The van der Waals surface area contributed by atoms with Crippen LogP contribution in [0.2, 0.25) is 0 Å². The van der Waals surface area contributed by atoms with Gasteiger partial charge in [0.15, 0.2) is 0 Å². The average molecular weight is 489 g/mol. The van der Waals surface area contributed by atoms with Crippen molar-refractivity contribution in [2.75, 3.05) is 46.0 Å². The maximum absolute atomic E-state index is 14.6. The Morgan fingerprint density at radius 2 is 1.86 bits per heavy atom. The molecule has 4 fully saturated rings. The van der Waals surface area contributed by atoms with E-state index in [9.17, 15) is 14.0 Å². The highest BCUT2D eigenvalue weighted by Crippen LogP contribution is 2.50. The molecule has 2 aliphatic heterocycles. The molecule has 35 heavy (non-hydrogen) atoms. The first-order valence-electron chi connectivity index (χ1n) is 13.1. The first kappa shape index (κ1) is 24.3. The fourth-order valence-electron chi connectivity index (χ4n) is 5.42. The molecular formula is C27H37FN2O5. The number of hydrogen-bond acceptors (Lipinski definition) is 5. The highest BCUT2D eigenvalue weighted by atomic mass is 19.1. The van der Waals surface area contributed by atoms with Crippen LogP contribution in [0, 0.1) is 23.6 Å². The van der Waals surface area contributed by atoms with Gasteiger partial charge in [-0.15, -0.1) is 0 Å². The van der Waals surface area contributed by atoms with Crippen LogP contribution in [0.3, 0.4) is 0 Å². The minimum atomic E-state index is -0.394. The van der Waals surface area contributed by atoms with Crippen LogP contribution in [0.25, 0.3) is 0 Å². The van der Waals surface area contributed by atoms with Crippen molar-refractivity contribution in [2.24, 2.45) is 17.8 Å². The highest BCUT2D eigenvalue weighted by molar-refractivity contribution is 5.79. The summed E-state index contributed by atoms with van der Waals surface area (Å²) in [7, 11) is 0. The number of amides is 2. The fraction of sp³-hybridized carbons (Fsp3) is 0.704. The second kappa shape index (κ2) is 10.3. The van der Waals surface area contributed by atoms with Gasteiger partial charge in [0.25, 0.3) is 0 Å². The van der Waals surface area contributed by atoms with Gasteiger partial charge in [-0.3, -0.25) is 4.79 Å². The molecule has 0 bridgehead atoms. The van der Waals surface area contributed by atoms with Gasteiger partial charge < -0.3 is 24.0 Å². The molecule has 0 N–H and O–H groups in total. The Morgan fingerprint density at radius 1 is 1.11 bits per heavy atom. The van der Waals surface area contributed by atoms with Crippen LogP contribution in [0.15, 0.2) is 18.2 Å². The monoisotopic (exact) mass is 488 g/mol. The Bertz CT molecular complexity index is 922. The van der Waals surface area contributed by atoms with Gasteiger partial charge in [-0.1, -0.05) is 6.07 Å². The second-order valence-corrected chi connectivity index (χ2v) is 10.9. The van der Waals surface area contributed by atoms with Gasteiger partial charge in [-0.25, -0.2) is 9.18 Å². The predicted octanol–water partition coefficient (Wildman–Crippen LogP) is 4.03. The predicted molar refractivity (Wildman–Crippen MR) is 128 cm³/mol. The fourth-order valence-corrected chi connectivity index (χ4v) is 5.42. The molecule has 2 atom stereocenters. The van der Waals surface area contributed by atoms with Crippen LogP contribution < -0.4 is 4.74 Å². The van der Waals surface area contributed by atoms with E-state index in [1.54, 1.807) is 17.0 Å². The number of hydrogen-bond donors (Lipinski definition) is 0. The lowest BCUT2D eigenvalue weighted by molar-refractivity contribution is -0.134. The van der Waals surface area contributed by atoms with Gasteiger partial charge in [0.2, 0.25) is 5.91 Å².